The fraction of sp³-hybridized carbons (Fsp3) is 0.0435. The normalized spacial score (nSPS) is 10.4. The second-order valence-electron chi connectivity index (χ2n) is 6.41. The third kappa shape index (κ3) is 7.06. The maximum atomic E-state index is 11.9. The van der Waals surface area contributed by atoms with Crippen LogP contribution in [0.2, 0.25) is 0 Å². The van der Waals surface area contributed by atoms with E-state index >= 15 is 0 Å². The fourth-order valence-corrected chi connectivity index (χ4v) is 2.86. The van der Waals surface area contributed by atoms with Crippen molar-refractivity contribution in [3.8, 4) is 5.75 Å². The van der Waals surface area contributed by atoms with Crippen LogP contribution in [0.1, 0.15) is 5.56 Å². The predicted octanol–water partition coefficient (Wildman–Crippen LogP) is 3.56. The molecule has 0 bridgehead atoms. The summed E-state index contributed by atoms with van der Waals surface area (Å²) in [4.78, 5) is 35.7. The number of carbonyl (C=O) groups is 3. The van der Waals surface area contributed by atoms with Gasteiger partial charge in [0.15, 0.2) is 6.61 Å². The number of hydrogen-bond acceptors (Lipinski definition) is 5. The van der Waals surface area contributed by atoms with Crippen LogP contribution >= 0.6 is 15.9 Å². The van der Waals surface area contributed by atoms with Gasteiger partial charge in [-0.1, -0.05) is 30.3 Å². The number of rotatable bonds is 7. The third-order valence-electron chi connectivity index (χ3n) is 4.02. The van der Waals surface area contributed by atoms with Crippen molar-refractivity contribution in [2.75, 3.05) is 17.2 Å². The quantitative estimate of drug-likeness (QED) is 0.265. The van der Waals surface area contributed by atoms with E-state index in [1.807, 2.05) is 18.2 Å². The summed E-state index contributed by atoms with van der Waals surface area (Å²) in [7, 11) is 0. The number of nitrogens with one attached hydrogen (secondary N) is 3. The molecule has 3 aromatic rings. The van der Waals surface area contributed by atoms with E-state index in [1.165, 1.54) is 6.21 Å². The first-order valence-corrected chi connectivity index (χ1v) is 10.3. The van der Waals surface area contributed by atoms with Gasteiger partial charge in [-0.15, -0.1) is 0 Å². The van der Waals surface area contributed by atoms with Crippen LogP contribution in [0.3, 0.4) is 0 Å². The van der Waals surface area contributed by atoms with Gasteiger partial charge < -0.3 is 15.4 Å². The Kier molecular flexibility index (Phi) is 8.10. The lowest BCUT2D eigenvalue weighted by molar-refractivity contribution is -0.136. The topological polar surface area (TPSA) is 109 Å². The van der Waals surface area contributed by atoms with Crippen LogP contribution in [0.15, 0.2) is 88.4 Å². The molecule has 0 atom stereocenters. The molecule has 0 saturated carbocycles. The first-order chi connectivity index (χ1) is 15.5. The predicted molar refractivity (Wildman–Crippen MR) is 126 cm³/mol. The number of anilines is 2. The zero-order valence-corrected chi connectivity index (χ0v) is 18.3. The highest BCUT2D eigenvalue weighted by Crippen LogP contribution is 2.20. The molecule has 0 aliphatic carbocycles. The maximum absolute atomic E-state index is 11.9. The van der Waals surface area contributed by atoms with Gasteiger partial charge in [0.1, 0.15) is 5.75 Å². The molecular weight excluding hydrogens is 476 g/mol. The molecule has 0 aliphatic heterocycles. The number of amides is 3. The van der Waals surface area contributed by atoms with Crippen molar-refractivity contribution in [2.45, 2.75) is 0 Å². The van der Waals surface area contributed by atoms with Gasteiger partial charge in [-0.2, -0.15) is 5.10 Å². The van der Waals surface area contributed by atoms with E-state index in [2.05, 4.69) is 37.1 Å². The van der Waals surface area contributed by atoms with Crippen molar-refractivity contribution in [3.63, 3.8) is 0 Å². The first-order valence-electron chi connectivity index (χ1n) is 9.48. The fourth-order valence-electron chi connectivity index (χ4n) is 2.48. The highest BCUT2D eigenvalue weighted by Gasteiger charge is 2.13. The number of benzene rings is 3. The monoisotopic (exact) mass is 494 g/mol. The van der Waals surface area contributed by atoms with E-state index in [1.54, 1.807) is 60.7 Å². The van der Waals surface area contributed by atoms with Gasteiger partial charge in [-0.25, -0.2) is 5.43 Å². The van der Waals surface area contributed by atoms with Crippen molar-refractivity contribution in [1.29, 1.82) is 0 Å². The lowest BCUT2D eigenvalue weighted by Crippen LogP contribution is -2.32. The summed E-state index contributed by atoms with van der Waals surface area (Å²) in [5.41, 5.74) is 4.00. The lowest BCUT2D eigenvalue weighted by atomic mass is 10.2. The average Bonchev–Trinajstić information content (AvgIpc) is 2.80. The van der Waals surface area contributed by atoms with Crippen molar-refractivity contribution < 1.29 is 19.1 Å². The van der Waals surface area contributed by atoms with Gasteiger partial charge in [-0.3, -0.25) is 14.4 Å². The largest absolute Gasteiger partial charge is 0.484 e. The minimum absolute atomic E-state index is 0.134. The molecule has 3 amide bonds. The molecule has 3 N–H and O–H groups in total. The number of hydrazone groups is 1. The minimum Gasteiger partial charge on any atom is -0.484 e. The second-order valence-corrected chi connectivity index (χ2v) is 7.26. The second kappa shape index (κ2) is 11.4. The number of halogens is 1. The summed E-state index contributed by atoms with van der Waals surface area (Å²) in [6.45, 7) is -0.134. The number of nitrogens with zero attached hydrogens (tertiary/aromatic N) is 1. The van der Waals surface area contributed by atoms with E-state index in [0.29, 0.717) is 27.2 Å². The Morgan fingerprint density at radius 1 is 0.844 bits per heavy atom. The summed E-state index contributed by atoms with van der Waals surface area (Å²) in [5, 5.41) is 8.99. The van der Waals surface area contributed by atoms with Crippen LogP contribution in [-0.2, 0) is 14.4 Å². The Morgan fingerprint density at radius 3 is 2.25 bits per heavy atom. The number of ether oxygens (including phenoxy) is 1. The molecule has 8 nitrogen and oxygen atoms in total. The summed E-state index contributed by atoms with van der Waals surface area (Å²) in [5.74, 6) is -1.51. The van der Waals surface area contributed by atoms with Crippen molar-refractivity contribution in [3.05, 3.63) is 88.9 Å². The summed E-state index contributed by atoms with van der Waals surface area (Å²) in [6, 6.07) is 22.7. The number of hydrogen-bond donors (Lipinski definition) is 3. The molecule has 0 radical (unpaired) electrons. The minimum atomic E-state index is -0.901. The molecule has 0 spiro atoms. The van der Waals surface area contributed by atoms with Crippen LogP contribution in [0, 0.1) is 0 Å². The molecule has 162 valence electrons. The first kappa shape index (κ1) is 22.7. The molecular formula is C23H19BrN4O4. The Balaban J connectivity index is 1.43. The Labute approximate surface area is 192 Å². The van der Waals surface area contributed by atoms with E-state index in [4.69, 9.17) is 4.74 Å². The van der Waals surface area contributed by atoms with E-state index in [0.717, 1.165) is 0 Å². The molecule has 32 heavy (non-hydrogen) atoms. The van der Waals surface area contributed by atoms with Gasteiger partial charge in [-0.05, 0) is 70.0 Å². The van der Waals surface area contributed by atoms with Crippen molar-refractivity contribution >= 4 is 51.2 Å². The summed E-state index contributed by atoms with van der Waals surface area (Å²) < 4.78 is 6.11. The van der Waals surface area contributed by atoms with Crippen molar-refractivity contribution in [2.24, 2.45) is 5.10 Å². The Bertz CT molecular complexity index is 1120. The van der Waals surface area contributed by atoms with Crippen LogP contribution in [0.4, 0.5) is 11.4 Å². The van der Waals surface area contributed by atoms with Crippen molar-refractivity contribution in [1.82, 2.24) is 5.43 Å². The van der Waals surface area contributed by atoms with Gasteiger partial charge in [0.2, 0.25) is 0 Å². The molecule has 0 saturated heterocycles. The third-order valence-corrected chi connectivity index (χ3v) is 4.71. The van der Waals surface area contributed by atoms with E-state index in [9.17, 15) is 14.4 Å². The SMILES string of the molecule is O=C(COc1ccc(C=NNC(=O)C(=O)Nc2ccccc2Br)cc1)Nc1ccccc1. The standard InChI is InChI=1S/C23H19BrN4O4/c24-19-8-4-5-9-20(19)27-22(30)23(31)28-25-14-16-10-12-18(13-11-16)32-15-21(29)26-17-6-2-1-3-7-17/h1-14H,15H2,(H,26,29)(H,27,30)(H,28,31). The highest BCUT2D eigenvalue weighted by molar-refractivity contribution is 9.10. The van der Waals surface area contributed by atoms with Gasteiger partial charge in [0.25, 0.3) is 5.91 Å². The van der Waals surface area contributed by atoms with Crippen LogP contribution < -0.4 is 20.8 Å². The molecule has 0 heterocycles. The number of para-hydroxylation sites is 2. The Morgan fingerprint density at radius 2 is 1.53 bits per heavy atom. The zero-order chi connectivity index (χ0) is 22.8. The zero-order valence-electron chi connectivity index (χ0n) is 16.7. The van der Waals surface area contributed by atoms with Gasteiger partial charge in [0, 0.05) is 10.2 Å². The van der Waals surface area contributed by atoms with Crippen LogP contribution in [-0.4, -0.2) is 30.5 Å². The average molecular weight is 495 g/mol. The summed E-state index contributed by atoms with van der Waals surface area (Å²) >= 11 is 3.29. The van der Waals surface area contributed by atoms with E-state index in [-0.39, 0.29) is 12.5 Å². The van der Waals surface area contributed by atoms with E-state index < -0.39 is 11.8 Å². The highest BCUT2D eigenvalue weighted by atomic mass is 79.9. The molecule has 3 rings (SSSR count). The van der Waals surface area contributed by atoms with Crippen LogP contribution in [0.25, 0.3) is 0 Å². The molecule has 0 fully saturated rings. The lowest BCUT2D eigenvalue weighted by Gasteiger charge is -2.07. The smallest absolute Gasteiger partial charge is 0.329 e. The molecule has 3 aromatic carbocycles. The molecule has 0 aliphatic rings. The Hall–Kier alpha value is -3.98. The maximum Gasteiger partial charge on any atom is 0.329 e. The summed E-state index contributed by atoms with van der Waals surface area (Å²) in [6.07, 6.45) is 1.38. The molecule has 0 unspecified atom stereocenters. The van der Waals surface area contributed by atoms with Gasteiger partial charge in [0.05, 0.1) is 11.9 Å². The molecule has 9 heteroatoms. The number of carbonyl (C=O) groups excluding carboxylic acids is 3. The van der Waals surface area contributed by atoms with Crippen LogP contribution in [0.5, 0.6) is 5.75 Å². The molecule has 0 aromatic heterocycles. The van der Waals surface area contributed by atoms with Gasteiger partial charge >= 0.3 is 11.8 Å².